The first kappa shape index (κ1) is 12.3. The van der Waals surface area contributed by atoms with Gasteiger partial charge < -0.3 is 14.6 Å². The van der Waals surface area contributed by atoms with E-state index in [4.69, 9.17) is 4.74 Å². The molecule has 4 heteroatoms. The Morgan fingerprint density at radius 1 is 1.47 bits per heavy atom. The second kappa shape index (κ2) is 5.98. The Balaban J connectivity index is 1.74. The summed E-state index contributed by atoms with van der Waals surface area (Å²) in [7, 11) is 1.77. The van der Waals surface area contributed by atoms with Gasteiger partial charge in [0.15, 0.2) is 0 Å². The van der Waals surface area contributed by atoms with E-state index in [1.54, 1.807) is 23.8 Å². The Labute approximate surface area is 102 Å². The fourth-order valence-corrected chi connectivity index (χ4v) is 2.37. The van der Waals surface area contributed by atoms with Crippen LogP contribution in [-0.4, -0.2) is 30.4 Å². The summed E-state index contributed by atoms with van der Waals surface area (Å²) in [6.07, 6.45) is 5.63. The van der Waals surface area contributed by atoms with Gasteiger partial charge in [-0.2, -0.15) is 0 Å². The lowest BCUT2D eigenvalue weighted by Gasteiger charge is -2.13. The van der Waals surface area contributed by atoms with E-state index in [0.717, 1.165) is 25.9 Å². The van der Waals surface area contributed by atoms with Gasteiger partial charge in [-0.3, -0.25) is 4.79 Å². The van der Waals surface area contributed by atoms with Crippen LogP contribution in [0.15, 0.2) is 29.2 Å². The van der Waals surface area contributed by atoms with Crippen molar-refractivity contribution in [1.82, 2.24) is 9.88 Å². The average molecular weight is 236 g/mol. The largest absolute Gasteiger partial charge is 0.381 e. The van der Waals surface area contributed by atoms with Crippen molar-refractivity contribution < 1.29 is 4.74 Å². The van der Waals surface area contributed by atoms with Gasteiger partial charge in [0, 0.05) is 38.5 Å². The molecule has 0 spiro atoms. The molecule has 2 unspecified atom stereocenters. The number of methoxy groups -OCH3 is 1. The first-order valence-corrected chi connectivity index (χ1v) is 6.21. The number of ether oxygens (including phenoxy) is 1. The minimum atomic E-state index is 0.0653. The lowest BCUT2D eigenvalue weighted by molar-refractivity contribution is 0.107. The van der Waals surface area contributed by atoms with Crippen LogP contribution in [0.3, 0.4) is 0 Å². The first-order valence-electron chi connectivity index (χ1n) is 6.21. The van der Waals surface area contributed by atoms with Crippen LogP contribution in [-0.2, 0) is 11.3 Å². The molecule has 1 N–H and O–H groups in total. The molecule has 0 saturated heterocycles. The molecule has 1 saturated carbocycles. The summed E-state index contributed by atoms with van der Waals surface area (Å²) in [6.45, 7) is 1.57. The van der Waals surface area contributed by atoms with Crippen LogP contribution in [0.1, 0.15) is 19.3 Å². The van der Waals surface area contributed by atoms with Crippen LogP contribution >= 0.6 is 0 Å². The minimum Gasteiger partial charge on any atom is -0.381 e. The molecular weight excluding hydrogens is 216 g/mol. The van der Waals surface area contributed by atoms with Gasteiger partial charge in [-0.15, -0.1) is 0 Å². The predicted molar refractivity (Wildman–Crippen MR) is 67.1 cm³/mol. The normalized spacial score (nSPS) is 24.1. The summed E-state index contributed by atoms with van der Waals surface area (Å²) in [5.41, 5.74) is 0.0653. The third-order valence-electron chi connectivity index (χ3n) is 3.40. The third-order valence-corrected chi connectivity index (χ3v) is 3.40. The van der Waals surface area contributed by atoms with E-state index in [9.17, 15) is 4.79 Å². The Bertz CT molecular complexity index is 402. The lowest BCUT2D eigenvalue weighted by Crippen LogP contribution is -2.32. The number of rotatable bonds is 5. The maximum Gasteiger partial charge on any atom is 0.250 e. The van der Waals surface area contributed by atoms with Gasteiger partial charge in [-0.25, -0.2) is 0 Å². The van der Waals surface area contributed by atoms with Gasteiger partial charge in [0.25, 0.3) is 5.56 Å². The van der Waals surface area contributed by atoms with Crippen LogP contribution in [0.4, 0.5) is 0 Å². The van der Waals surface area contributed by atoms with Gasteiger partial charge in [0.05, 0.1) is 6.10 Å². The highest BCUT2D eigenvalue weighted by Crippen LogP contribution is 2.20. The molecule has 0 radical (unpaired) electrons. The zero-order valence-electron chi connectivity index (χ0n) is 10.3. The third kappa shape index (κ3) is 3.41. The highest BCUT2D eigenvalue weighted by Gasteiger charge is 2.23. The Kier molecular flexibility index (Phi) is 4.34. The summed E-state index contributed by atoms with van der Waals surface area (Å²) in [6, 6.07) is 5.79. The molecule has 2 rings (SSSR count). The molecule has 17 heavy (non-hydrogen) atoms. The van der Waals surface area contributed by atoms with E-state index in [1.807, 2.05) is 12.3 Å². The molecule has 0 bridgehead atoms. The van der Waals surface area contributed by atoms with E-state index < -0.39 is 0 Å². The lowest BCUT2D eigenvalue weighted by atomic mass is 10.2. The number of nitrogens with one attached hydrogen (secondary N) is 1. The van der Waals surface area contributed by atoms with Crippen molar-refractivity contribution in [2.24, 2.45) is 0 Å². The smallest absolute Gasteiger partial charge is 0.250 e. The zero-order chi connectivity index (χ0) is 12.1. The number of hydrogen-bond acceptors (Lipinski definition) is 3. The Morgan fingerprint density at radius 3 is 3.06 bits per heavy atom. The van der Waals surface area contributed by atoms with Crippen molar-refractivity contribution in [1.29, 1.82) is 0 Å². The topological polar surface area (TPSA) is 43.3 Å². The second-order valence-corrected chi connectivity index (χ2v) is 4.55. The number of aromatic nitrogens is 1. The van der Waals surface area contributed by atoms with E-state index in [0.29, 0.717) is 12.1 Å². The molecule has 0 aromatic carbocycles. The summed E-state index contributed by atoms with van der Waals surface area (Å²) < 4.78 is 7.06. The van der Waals surface area contributed by atoms with Crippen LogP contribution in [0.2, 0.25) is 0 Å². The van der Waals surface area contributed by atoms with Gasteiger partial charge in [-0.1, -0.05) is 6.07 Å². The first-order chi connectivity index (χ1) is 8.29. The second-order valence-electron chi connectivity index (χ2n) is 4.55. The molecule has 1 aliphatic carbocycles. The SMILES string of the molecule is COC1CCC(NCCn2ccccc2=O)C1. The predicted octanol–water partition coefficient (Wildman–Crippen LogP) is 1.01. The standard InChI is InChI=1S/C13H20N2O2/c1-17-12-6-5-11(10-12)14-7-9-15-8-3-2-4-13(15)16/h2-4,8,11-12,14H,5-7,9-10H2,1H3. The summed E-state index contributed by atoms with van der Waals surface area (Å²) in [5.74, 6) is 0. The van der Waals surface area contributed by atoms with Gasteiger partial charge >= 0.3 is 0 Å². The molecule has 1 heterocycles. The number of nitrogens with zero attached hydrogens (tertiary/aromatic N) is 1. The Hall–Kier alpha value is -1.13. The van der Waals surface area contributed by atoms with E-state index in [1.165, 1.54) is 6.42 Å². The number of hydrogen-bond donors (Lipinski definition) is 1. The van der Waals surface area contributed by atoms with E-state index in [-0.39, 0.29) is 5.56 Å². The average Bonchev–Trinajstić information content (AvgIpc) is 2.80. The van der Waals surface area contributed by atoms with Gasteiger partial charge in [0.1, 0.15) is 0 Å². The van der Waals surface area contributed by atoms with Gasteiger partial charge in [-0.05, 0) is 25.3 Å². The van der Waals surface area contributed by atoms with Gasteiger partial charge in [0.2, 0.25) is 0 Å². The molecule has 1 aromatic heterocycles. The number of pyridine rings is 1. The van der Waals surface area contributed by atoms with Crippen molar-refractivity contribution in [3.63, 3.8) is 0 Å². The van der Waals surface area contributed by atoms with E-state index in [2.05, 4.69) is 5.32 Å². The highest BCUT2D eigenvalue weighted by molar-refractivity contribution is 4.93. The fraction of sp³-hybridized carbons (Fsp3) is 0.615. The minimum absolute atomic E-state index is 0.0653. The molecule has 1 aromatic rings. The monoisotopic (exact) mass is 236 g/mol. The maximum atomic E-state index is 11.5. The summed E-state index contributed by atoms with van der Waals surface area (Å²) >= 11 is 0. The molecule has 94 valence electrons. The van der Waals surface area contributed by atoms with Crippen molar-refractivity contribution in [3.8, 4) is 0 Å². The van der Waals surface area contributed by atoms with Crippen molar-refractivity contribution in [2.45, 2.75) is 38.0 Å². The van der Waals surface area contributed by atoms with Crippen LogP contribution in [0.5, 0.6) is 0 Å². The molecule has 0 aliphatic heterocycles. The van der Waals surface area contributed by atoms with Crippen molar-refractivity contribution >= 4 is 0 Å². The van der Waals surface area contributed by atoms with Crippen molar-refractivity contribution in [3.05, 3.63) is 34.7 Å². The van der Waals surface area contributed by atoms with Crippen molar-refractivity contribution in [2.75, 3.05) is 13.7 Å². The molecule has 4 nitrogen and oxygen atoms in total. The molecule has 1 fully saturated rings. The summed E-state index contributed by atoms with van der Waals surface area (Å²) in [5, 5.41) is 3.48. The van der Waals surface area contributed by atoms with Crippen LogP contribution in [0.25, 0.3) is 0 Å². The quantitative estimate of drug-likeness (QED) is 0.829. The van der Waals surface area contributed by atoms with Crippen LogP contribution < -0.4 is 10.9 Å². The fourth-order valence-electron chi connectivity index (χ4n) is 2.37. The molecular formula is C13H20N2O2. The highest BCUT2D eigenvalue weighted by atomic mass is 16.5. The zero-order valence-corrected chi connectivity index (χ0v) is 10.3. The molecule has 0 amide bonds. The maximum absolute atomic E-state index is 11.5. The molecule has 2 atom stereocenters. The van der Waals surface area contributed by atoms with E-state index >= 15 is 0 Å². The van der Waals surface area contributed by atoms with Crippen LogP contribution in [0, 0.1) is 0 Å². The molecule has 1 aliphatic rings. The Morgan fingerprint density at radius 2 is 2.35 bits per heavy atom. The summed E-state index contributed by atoms with van der Waals surface area (Å²) in [4.78, 5) is 11.5.